The van der Waals surface area contributed by atoms with E-state index in [0.717, 1.165) is 12.1 Å². The van der Waals surface area contributed by atoms with E-state index in [-0.39, 0.29) is 22.7 Å². The molecule has 0 unspecified atom stereocenters. The molecule has 9 nitrogen and oxygen atoms in total. The maximum Gasteiger partial charge on any atom is 0.318 e. The van der Waals surface area contributed by atoms with Crippen LogP contribution in [0.15, 0.2) is 59.5 Å². The number of carbonyl (C=O) groups is 1. The summed E-state index contributed by atoms with van der Waals surface area (Å²) in [6.45, 7) is 3.68. The molecule has 35 heavy (non-hydrogen) atoms. The molecule has 4 rings (SSSR count). The smallest absolute Gasteiger partial charge is 0.318 e. The van der Waals surface area contributed by atoms with Crippen molar-refractivity contribution in [1.29, 1.82) is 0 Å². The van der Waals surface area contributed by atoms with Crippen molar-refractivity contribution in [2.45, 2.75) is 23.6 Å². The SMILES string of the molecule is CNC(=O)Nc1ccc(-c2nc(CS(=O)(=O)c3ccc(F)cc3)cc(N3CCOC[C@H]3C)n2)cc1. The molecule has 184 valence electrons. The van der Waals surface area contributed by atoms with Gasteiger partial charge in [0.25, 0.3) is 0 Å². The molecule has 0 bridgehead atoms. The third-order valence-corrected chi connectivity index (χ3v) is 7.23. The molecule has 1 aromatic heterocycles. The number of nitrogens with zero attached hydrogens (tertiary/aromatic N) is 3. The lowest BCUT2D eigenvalue weighted by Gasteiger charge is -2.34. The third kappa shape index (κ3) is 5.92. The monoisotopic (exact) mass is 499 g/mol. The molecule has 0 saturated carbocycles. The Labute approximate surface area is 203 Å². The molecule has 2 aromatic carbocycles. The Hall–Kier alpha value is -3.57. The standard InChI is InChI=1S/C24H26FN5O4S/c1-16-14-34-12-11-30(16)22-13-20(15-35(32,33)21-9-5-18(25)6-10-21)27-23(29-22)17-3-7-19(8-4-17)28-24(31)26-2/h3-10,13,16H,11-12,14-15H2,1-2H3,(H2,26,28,31)/t16-/m1/s1. The summed E-state index contributed by atoms with van der Waals surface area (Å²) in [7, 11) is -2.24. The summed E-state index contributed by atoms with van der Waals surface area (Å²) < 4.78 is 44.9. The number of benzene rings is 2. The van der Waals surface area contributed by atoms with Gasteiger partial charge in [-0.15, -0.1) is 0 Å². The van der Waals surface area contributed by atoms with E-state index in [1.807, 2.05) is 6.92 Å². The highest BCUT2D eigenvalue weighted by Gasteiger charge is 2.24. The van der Waals surface area contributed by atoms with Gasteiger partial charge in [-0.25, -0.2) is 27.6 Å². The van der Waals surface area contributed by atoms with E-state index >= 15 is 0 Å². The molecule has 2 amide bonds. The van der Waals surface area contributed by atoms with Crippen LogP contribution in [0.4, 0.5) is 20.7 Å². The minimum Gasteiger partial charge on any atom is -0.377 e. The number of carbonyl (C=O) groups excluding carboxylic acids is 1. The summed E-state index contributed by atoms with van der Waals surface area (Å²) >= 11 is 0. The van der Waals surface area contributed by atoms with Gasteiger partial charge in [0, 0.05) is 30.9 Å². The molecule has 2 heterocycles. The Morgan fingerprint density at radius 1 is 1.14 bits per heavy atom. The van der Waals surface area contributed by atoms with Crippen molar-refractivity contribution in [2.75, 3.05) is 37.0 Å². The van der Waals surface area contributed by atoms with Gasteiger partial charge in [-0.3, -0.25) is 0 Å². The first-order valence-electron chi connectivity index (χ1n) is 11.0. The van der Waals surface area contributed by atoms with Gasteiger partial charge in [-0.2, -0.15) is 0 Å². The molecule has 2 N–H and O–H groups in total. The zero-order valence-electron chi connectivity index (χ0n) is 19.4. The minimum absolute atomic E-state index is 0.0185. The number of halogens is 1. The molecule has 0 radical (unpaired) electrons. The van der Waals surface area contributed by atoms with Gasteiger partial charge in [0.1, 0.15) is 11.6 Å². The zero-order chi connectivity index (χ0) is 25.0. The first-order valence-corrected chi connectivity index (χ1v) is 12.7. The van der Waals surface area contributed by atoms with Crippen LogP contribution in [0.2, 0.25) is 0 Å². The number of rotatable bonds is 6. The van der Waals surface area contributed by atoms with Crippen molar-refractivity contribution >= 4 is 27.4 Å². The summed E-state index contributed by atoms with van der Waals surface area (Å²) in [6.07, 6.45) is 0. The van der Waals surface area contributed by atoms with Crippen molar-refractivity contribution < 1.29 is 22.3 Å². The Morgan fingerprint density at radius 2 is 1.86 bits per heavy atom. The van der Waals surface area contributed by atoms with Gasteiger partial charge < -0.3 is 20.3 Å². The van der Waals surface area contributed by atoms with Crippen LogP contribution < -0.4 is 15.5 Å². The number of aromatic nitrogens is 2. The Balaban J connectivity index is 1.71. The summed E-state index contributed by atoms with van der Waals surface area (Å²) in [4.78, 5) is 22.9. The maximum absolute atomic E-state index is 13.3. The van der Waals surface area contributed by atoms with Crippen LogP contribution in [-0.2, 0) is 20.3 Å². The first-order chi connectivity index (χ1) is 16.7. The maximum atomic E-state index is 13.3. The van der Waals surface area contributed by atoms with Crippen LogP contribution in [0.25, 0.3) is 11.4 Å². The van der Waals surface area contributed by atoms with Gasteiger partial charge in [0.2, 0.25) is 0 Å². The second-order valence-corrected chi connectivity index (χ2v) is 10.1. The molecule has 3 aromatic rings. The van der Waals surface area contributed by atoms with Gasteiger partial charge in [-0.05, 0) is 55.5 Å². The molecule has 1 atom stereocenters. The average Bonchev–Trinajstić information content (AvgIpc) is 2.84. The van der Waals surface area contributed by atoms with E-state index in [1.54, 1.807) is 30.3 Å². The minimum atomic E-state index is -3.77. The largest absolute Gasteiger partial charge is 0.377 e. The number of morpholine rings is 1. The lowest BCUT2D eigenvalue weighted by molar-refractivity contribution is 0.0985. The predicted octanol–water partition coefficient (Wildman–Crippen LogP) is 3.23. The van der Waals surface area contributed by atoms with E-state index in [2.05, 4.69) is 20.5 Å². The van der Waals surface area contributed by atoms with Crippen molar-refractivity contribution in [3.05, 3.63) is 66.1 Å². The number of sulfone groups is 1. The fraction of sp³-hybridized carbons (Fsp3) is 0.292. The van der Waals surface area contributed by atoms with Gasteiger partial charge in [0.05, 0.1) is 35.6 Å². The van der Waals surface area contributed by atoms with Crippen molar-refractivity contribution in [3.8, 4) is 11.4 Å². The Kier molecular flexibility index (Phi) is 7.27. The van der Waals surface area contributed by atoms with Crippen LogP contribution in [0, 0.1) is 5.82 Å². The zero-order valence-corrected chi connectivity index (χ0v) is 20.2. The molecule has 11 heteroatoms. The second kappa shape index (κ2) is 10.4. The van der Waals surface area contributed by atoms with Crippen LogP contribution >= 0.6 is 0 Å². The molecular weight excluding hydrogens is 473 g/mol. The highest BCUT2D eigenvalue weighted by molar-refractivity contribution is 7.90. The summed E-state index contributed by atoms with van der Waals surface area (Å²) in [5.41, 5.74) is 1.57. The predicted molar refractivity (Wildman–Crippen MR) is 130 cm³/mol. The number of amides is 2. The van der Waals surface area contributed by atoms with Gasteiger partial charge in [-0.1, -0.05) is 0 Å². The van der Waals surface area contributed by atoms with E-state index in [9.17, 15) is 17.6 Å². The summed E-state index contributed by atoms with van der Waals surface area (Å²) in [5, 5.41) is 5.17. The van der Waals surface area contributed by atoms with Gasteiger partial charge >= 0.3 is 6.03 Å². The molecule has 0 spiro atoms. The lowest BCUT2D eigenvalue weighted by atomic mass is 10.2. The van der Waals surface area contributed by atoms with Crippen molar-refractivity contribution in [1.82, 2.24) is 15.3 Å². The number of hydrogen-bond acceptors (Lipinski definition) is 7. The highest BCUT2D eigenvalue weighted by atomic mass is 32.2. The van der Waals surface area contributed by atoms with Crippen LogP contribution in [0.1, 0.15) is 12.6 Å². The van der Waals surface area contributed by atoms with Crippen LogP contribution in [0.3, 0.4) is 0 Å². The van der Waals surface area contributed by atoms with E-state index < -0.39 is 15.7 Å². The molecule has 0 aliphatic carbocycles. The number of ether oxygens (including phenoxy) is 1. The quantitative estimate of drug-likeness (QED) is 0.501. The summed E-state index contributed by atoms with van der Waals surface area (Å²) in [6, 6.07) is 13.1. The first kappa shape index (κ1) is 24.6. The topological polar surface area (TPSA) is 114 Å². The fourth-order valence-corrected chi connectivity index (χ4v) is 4.97. The molecule has 1 saturated heterocycles. The Morgan fingerprint density at radius 3 is 2.51 bits per heavy atom. The van der Waals surface area contributed by atoms with Gasteiger partial charge in [0.15, 0.2) is 15.7 Å². The summed E-state index contributed by atoms with van der Waals surface area (Å²) in [5.74, 6) is 0.0850. The Bertz CT molecular complexity index is 1300. The normalized spacial score (nSPS) is 16.1. The number of anilines is 2. The number of hydrogen-bond donors (Lipinski definition) is 2. The average molecular weight is 500 g/mol. The number of nitrogens with one attached hydrogen (secondary N) is 2. The van der Waals surface area contributed by atoms with Crippen molar-refractivity contribution in [3.63, 3.8) is 0 Å². The van der Waals surface area contributed by atoms with Crippen molar-refractivity contribution in [2.24, 2.45) is 0 Å². The van der Waals surface area contributed by atoms with Crippen LogP contribution in [0.5, 0.6) is 0 Å². The lowest BCUT2D eigenvalue weighted by Crippen LogP contribution is -2.44. The molecule has 1 aliphatic heterocycles. The third-order valence-electron chi connectivity index (χ3n) is 5.57. The van der Waals surface area contributed by atoms with E-state index in [0.29, 0.717) is 48.3 Å². The second-order valence-electron chi connectivity index (χ2n) is 8.15. The fourth-order valence-electron chi connectivity index (χ4n) is 3.72. The molecule has 1 fully saturated rings. The molecule has 1 aliphatic rings. The van der Waals surface area contributed by atoms with E-state index in [1.165, 1.54) is 19.2 Å². The molecular formula is C24H26FN5O4S. The van der Waals surface area contributed by atoms with E-state index in [4.69, 9.17) is 9.72 Å². The number of urea groups is 1. The highest BCUT2D eigenvalue weighted by Crippen LogP contribution is 2.26. The van der Waals surface area contributed by atoms with Crippen LogP contribution in [-0.4, -0.2) is 57.3 Å².